The van der Waals surface area contributed by atoms with Gasteiger partial charge in [0.25, 0.3) is 5.91 Å². The molecule has 0 fully saturated rings. The minimum atomic E-state index is -0.782. The molecule has 0 aliphatic heterocycles. The van der Waals surface area contributed by atoms with Crippen LogP contribution in [0.15, 0.2) is 64.5 Å². The van der Waals surface area contributed by atoms with Gasteiger partial charge < -0.3 is 9.26 Å². The lowest BCUT2D eigenvalue weighted by molar-refractivity contribution is 0.0905. The molecule has 4 rings (SSSR count). The molecule has 1 aromatic carbocycles. The number of hydrogen-bond acceptors (Lipinski definition) is 7. The molecule has 0 radical (unpaired) electrons. The highest BCUT2D eigenvalue weighted by molar-refractivity contribution is 7.13. The van der Waals surface area contributed by atoms with E-state index in [0.717, 1.165) is 20.2 Å². The molecule has 7 nitrogen and oxygen atoms in total. The number of hydrogen-bond donors (Lipinski definition) is 2. The van der Waals surface area contributed by atoms with Crippen molar-refractivity contribution in [3.63, 3.8) is 0 Å². The SMILES string of the molecule is Cc1noc(-c2cccs2)c1C(=O)NNC(=O)OCc1ccc(C#Cc2ccccc2)s1. The number of carbonyl (C=O) groups excluding carboxylic acids is 2. The monoisotopic (exact) mass is 463 g/mol. The Morgan fingerprint density at radius 1 is 1.06 bits per heavy atom. The Labute approximate surface area is 192 Å². The van der Waals surface area contributed by atoms with Gasteiger partial charge in [0, 0.05) is 10.4 Å². The molecule has 0 bridgehead atoms. The van der Waals surface area contributed by atoms with Gasteiger partial charge in [0.2, 0.25) is 0 Å². The molecule has 0 saturated carbocycles. The molecule has 3 aromatic heterocycles. The molecule has 0 spiro atoms. The molecule has 9 heteroatoms. The zero-order valence-corrected chi connectivity index (χ0v) is 18.5. The van der Waals surface area contributed by atoms with Crippen LogP contribution in [0.3, 0.4) is 0 Å². The normalized spacial score (nSPS) is 10.2. The van der Waals surface area contributed by atoms with Crippen molar-refractivity contribution in [2.24, 2.45) is 0 Å². The molecule has 2 amide bonds. The van der Waals surface area contributed by atoms with Gasteiger partial charge in [0.1, 0.15) is 12.2 Å². The highest BCUT2D eigenvalue weighted by Crippen LogP contribution is 2.29. The number of benzene rings is 1. The third-order valence-electron chi connectivity index (χ3n) is 4.22. The highest BCUT2D eigenvalue weighted by Gasteiger charge is 2.23. The number of nitrogens with one attached hydrogen (secondary N) is 2. The summed E-state index contributed by atoms with van der Waals surface area (Å²) in [6, 6.07) is 17.1. The number of rotatable bonds is 4. The van der Waals surface area contributed by atoms with Crippen molar-refractivity contribution in [3.8, 4) is 22.5 Å². The molecule has 0 saturated heterocycles. The van der Waals surface area contributed by atoms with Crippen LogP contribution in [0.25, 0.3) is 10.6 Å². The summed E-state index contributed by atoms with van der Waals surface area (Å²) in [5.74, 6) is 5.99. The number of nitrogens with zero attached hydrogens (tertiary/aromatic N) is 1. The van der Waals surface area contributed by atoms with Crippen LogP contribution < -0.4 is 10.9 Å². The van der Waals surface area contributed by atoms with E-state index in [9.17, 15) is 9.59 Å². The zero-order chi connectivity index (χ0) is 22.3. The molecule has 4 aromatic rings. The van der Waals surface area contributed by atoms with Crippen molar-refractivity contribution < 1.29 is 18.8 Å². The first-order valence-corrected chi connectivity index (χ1v) is 11.2. The lowest BCUT2D eigenvalue weighted by Crippen LogP contribution is -2.42. The van der Waals surface area contributed by atoms with E-state index in [1.54, 1.807) is 6.92 Å². The van der Waals surface area contributed by atoms with Crippen LogP contribution >= 0.6 is 22.7 Å². The van der Waals surface area contributed by atoms with Crippen LogP contribution in [-0.4, -0.2) is 17.2 Å². The number of carbonyl (C=O) groups is 2. The second-order valence-electron chi connectivity index (χ2n) is 6.49. The quantitative estimate of drug-likeness (QED) is 0.337. The van der Waals surface area contributed by atoms with Crippen molar-refractivity contribution in [2.45, 2.75) is 13.5 Å². The number of hydrazine groups is 1. The lowest BCUT2D eigenvalue weighted by Gasteiger charge is -2.07. The maximum Gasteiger partial charge on any atom is 0.426 e. The fourth-order valence-electron chi connectivity index (χ4n) is 2.73. The number of ether oxygens (including phenoxy) is 1. The van der Waals surface area contributed by atoms with E-state index < -0.39 is 12.0 Å². The summed E-state index contributed by atoms with van der Waals surface area (Å²) in [6.07, 6.45) is -0.782. The Bertz CT molecular complexity index is 1280. The van der Waals surface area contributed by atoms with Crippen LogP contribution in [0.5, 0.6) is 0 Å². The third-order valence-corrected chi connectivity index (χ3v) is 6.07. The van der Waals surface area contributed by atoms with Gasteiger partial charge in [-0.15, -0.1) is 22.7 Å². The van der Waals surface area contributed by atoms with Crippen LogP contribution in [0.4, 0.5) is 4.79 Å². The second kappa shape index (κ2) is 9.96. The summed E-state index contributed by atoms with van der Waals surface area (Å²) < 4.78 is 10.4. The fourth-order valence-corrected chi connectivity index (χ4v) is 4.22. The number of thiophene rings is 2. The summed E-state index contributed by atoms with van der Waals surface area (Å²) in [5.41, 5.74) is 6.18. The molecule has 32 heavy (non-hydrogen) atoms. The van der Waals surface area contributed by atoms with Crippen molar-refractivity contribution in [1.29, 1.82) is 0 Å². The van der Waals surface area contributed by atoms with E-state index in [1.807, 2.05) is 60.0 Å². The summed E-state index contributed by atoms with van der Waals surface area (Å²) in [5, 5.41) is 5.72. The molecule has 160 valence electrons. The van der Waals surface area contributed by atoms with Crippen LogP contribution in [0, 0.1) is 18.8 Å². The van der Waals surface area contributed by atoms with Gasteiger partial charge in [0.15, 0.2) is 5.76 Å². The largest absolute Gasteiger partial charge is 0.443 e. The van der Waals surface area contributed by atoms with E-state index >= 15 is 0 Å². The predicted octanol–water partition coefficient (Wildman–Crippen LogP) is 4.74. The summed E-state index contributed by atoms with van der Waals surface area (Å²) in [7, 11) is 0. The van der Waals surface area contributed by atoms with Gasteiger partial charge in [-0.25, -0.2) is 10.2 Å². The molecule has 0 atom stereocenters. The molecule has 0 aliphatic rings. The summed E-state index contributed by atoms with van der Waals surface area (Å²) in [6.45, 7) is 1.72. The maximum atomic E-state index is 12.5. The molecular weight excluding hydrogens is 446 g/mol. The topological polar surface area (TPSA) is 93.5 Å². The van der Waals surface area contributed by atoms with Crippen molar-refractivity contribution in [1.82, 2.24) is 16.0 Å². The van der Waals surface area contributed by atoms with Gasteiger partial charge in [0.05, 0.1) is 15.4 Å². The third kappa shape index (κ3) is 5.24. The summed E-state index contributed by atoms with van der Waals surface area (Å²) in [4.78, 5) is 27.0. The fraction of sp³-hybridized carbons (Fsp3) is 0.0870. The van der Waals surface area contributed by atoms with Gasteiger partial charge in [-0.1, -0.05) is 41.3 Å². The lowest BCUT2D eigenvalue weighted by atomic mass is 10.1. The van der Waals surface area contributed by atoms with Crippen LogP contribution in [-0.2, 0) is 11.3 Å². The maximum absolute atomic E-state index is 12.5. The minimum Gasteiger partial charge on any atom is -0.443 e. The van der Waals surface area contributed by atoms with Gasteiger partial charge >= 0.3 is 6.09 Å². The molecule has 2 N–H and O–H groups in total. The smallest absolute Gasteiger partial charge is 0.426 e. The molecular formula is C23H17N3O4S2. The Balaban J connectivity index is 1.29. The second-order valence-corrected chi connectivity index (χ2v) is 8.60. The highest BCUT2D eigenvalue weighted by atomic mass is 32.1. The van der Waals surface area contributed by atoms with E-state index in [0.29, 0.717) is 11.5 Å². The first-order valence-electron chi connectivity index (χ1n) is 9.49. The average Bonchev–Trinajstić information content (AvgIpc) is 3.56. The Morgan fingerprint density at radius 2 is 1.91 bits per heavy atom. The molecule has 3 heterocycles. The number of aromatic nitrogens is 1. The Hall–Kier alpha value is -3.87. The zero-order valence-electron chi connectivity index (χ0n) is 16.9. The standard InChI is InChI=1S/C23H17N3O4S2/c1-15-20(21(30-26-15)19-8-5-13-31-19)22(27)24-25-23(28)29-14-18-12-11-17(32-18)10-9-16-6-3-2-4-7-16/h2-8,11-13H,14H2,1H3,(H,24,27)(H,25,28). The minimum absolute atomic E-state index is 0.0616. The van der Waals surface area contributed by atoms with E-state index in [-0.39, 0.29) is 12.2 Å². The number of aryl methyl sites for hydroxylation is 1. The van der Waals surface area contributed by atoms with Gasteiger partial charge in [-0.3, -0.25) is 10.2 Å². The molecule has 0 unspecified atom stereocenters. The van der Waals surface area contributed by atoms with E-state index in [2.05, 4.69) is 27.8 Å². The first-order chi connectivity index (χ1) is 15.6. The van der Waals surface area contributed by atoms with Crippen LogP contribution in [0.1, 0.15) is 31.4 Å². The van der Waals surface area contributed by atoms with E-state index in [1.165, 1.54) is 22.7 Å². The Kier molecular flexibility index (Phi) is 6.65. The Morgan fingerprint density at radius 3 is 2.69 bits per heavy atom. The molecule has 0 aliphatic carbocycles. The van der Waals surface area contributed by atoms with Gasteiger partial charge in [-0.2, -0.15) is 0 Å². The van der Waals surface area contributed by atoms with Crippen molar-refractivity contribution in [2.75, 3.05) is 0 Å². The van der Waals surface area contributed by atoms with Gasteiger partial charge in [-0.05, 0) is 42.6 Å². The van der Waals surface area contributed by atoms with E-state index in [4.69, 9.17) is 9.26 Å². The van der Waals surface area contributed by atoms with Crippen LogP contribution in [0.2, 0.25) is 0 Å². The first kappa shape index (κ1) is 21.4. The summed E-state index contributed by atoms with van der Waals surface area (Å²) >= 11 is 2.85. The van der Waals surface area contributed by atoms with Crippen molar-refractivity contribution >= 4 is 34.7 Å². The predicted molar refractivity (Wildman–Crippen MR) is 122 cm³/mol. The average molecular weight is 464 g/mol. The van der Waals surface area contributed by atoms with Crippen molar-refractivity contribution in [3.05, 3.63) is 86.6 Å². The number of amides is 2.